The molecule has 0 radical (unpaired) electrons. The number of nitriles is 1. The summed E-state index contributed by atoms with van der Waals surface area (Å²) in [6, 6.07) is 7.40. The van der Waals surface area contributed by atoms with Crippen molar-refractivity contribution in [2.75, 3.05) is 30.4 Å². The van der Waals surface area contributed by atoms with Crippen molar-refractivity contribution in [1.82, 2.24) is 15.3 Å². The first-order valence-electron chi connectivity index (χ1n) is 10.7. The lowest BCUT2D eigenvalue weighted by molar-refractivity contribution is 0.0448. The molecule has 2 aromatic rings. The van der Waals surface area contributed by atoms with E-state index < -0.39 is 17.2 Å². The molecule has 1 aliphatic rings. The number of alkyl carbamates (subject to hydrolysis) is 1. The summed E-state index contributed by atoms with van der Waals surface area (Å²) in [5, 5.41) is 16.6. The average molecular weight is 491 g/mol. The van der Waals surface area contributed by atoms with Crippen molar-refractivity contribution in [3.05, 3.63) is 33.9 Å². The number of hydrogen-bond donors (Lipinski definition) is 2. The number of nitrogens with zero attached hydrogens (tertiary/aromatic N) is 4. The number of halogens is 2. The van der Waals surface area contributed by atoms with Crippen molar-refractivity contribution in [1.29, 1.82) is 5.26 Å². The molecule has 0 saturated carbocycles. The van der Waals surface area contributed by atoms with E-state index in [0.29, 0.717) is 58.9 Å². The molecular formula is C23H28Cl2N6O2. The fourth-order valence-corrected chi connectivity index (χ4v) is 4.07. The highest BCUT2D eigenvalue weighted by molar-refractivity contribution is 6.43. The Morgan fingerprint density at radius 2 is 1.91 bits per heavy atom. The number of rotatable bonds is 4. The smallest absolute Gasteiger partial charge is 0.408 e. The Morgan fingerprint density at radius 3 is 2.48 bits per heavy atom. The lowest BCUT2D eigenvalue weighted by atomic mass is 9.90. The Bertz CT molecular complexity index is 1090. The largest absolute Gasteiger partial charge is 0.444 e. The number of ether oxygens (including phenoxy) is 1. The van der Waals surface area contributed by atoms with Gasteiger partial charge in [-0.15, -0.1) is 0 Å². The predicted octanol–water partition coefficient (Wildman–Crippen LogP) is 5.25. The van der Waals surface area contributed by atoms with Crippen molar-refractivity contribution in [3.8, 4) is 17.2 Å². The highest BCUT2D eigenvalue weighted by atomic mass is 35.5. The number of piperidine rings is 1. The minimum Gasteiger partial charge on any atom is -0.444 e. The van der Waals surface area contributed by atoms with Gasteiger partial charge in [-0.05, 0) is 46.6 Å². The number of carbonyl (C=O) groups is 1. The van der Waals surface area contributed by atoms with E-state index in [1.54, 1.807) is 25.2 Å². The first-order chi connectivity index (χ1) is 15.5. The summed E-state index contributed by atoms with van der Waals surface area (Å²) in [5.74, 6) is 0.929. The quantitative estimate of drug-likeness (QED) is 0.602. The highest BCUT2D eigenvalue weighted by Gasteiger charge is 2.34. The normalized spacial score (nSPS) is 15.5. The number of hydrogen-bond acceptors (Lipinski definition) is 7. The van der Waals surface area contributed by atoms with E-state index in [1.165, 1.54) is 0 Å². The van der Waals surface area contributed by atoms with E-state index in [-0.39, 0.29) is 5.69 Å². The minimum atomic E-state index is -0.556. The zero-order valence-electron chi connectivity index (χ0n) is 19.4. The second-order valence-corrected chi connectivity index (χ2v) is 10.0. The topological polar surface area (TPSA) is 103 Å². The van der Waals surface area contributed by atoms with Crippen molar-refractivity contribution in [3.63, 3.8) is 0 Å². The van der Waals surface area contributed by atoms with Gasteiger partial charge in [0.15, 0.2) is 5.69 Å². The summed E-state index contributed by atoms with van der Waals surface area (Å²) >= 11 is 12.6. The maximum absolute atomic E-state index is 12.2. The third kappa shape index (κ3) is 5.79. The average Bonchev–Trinajstić information content (AvgIpc) is 2.73. The molecule has 1 aromatic heterocycles. The molecule has 2 N–H and O–H groups in total. The molecule has 0 bridgehead atoms. The highest BCUT2D eigenvalue weighted by Crippen LogP contribution is 2.39. The summed E-state index contributed by atoms with van der Waals surface area (Å²) in [6.45, 7) is 8.72. The molecule has 2 heterocycles. The van der Waals surface area contributed by atoms with Crippen molar-refractivity contribution >= 4 is 41.1 Å². The van der Waals surface area contributed by atoms with E-state index in [9.17, 15) is 10.1 Å². The molecule has 8 nitrogen and oxygen atoms in total. The first kappa shape index (κ1) is 24.9. The van der Waals surface area contributed by atoms with Crippen LogP contribution in [0.3, 0.4) is 0 Å². The van der Waals surface area contributed by atoms with Gasteiger partial charge >= 0.3 is 6.09 Å². The van der Waals surface area contributed by atoms with E-state index in [1.807, 2.05) is 32.6 Å². The lowest BCUT2D eigenvalue weighted by Crippen LogP contribution is -2.54. The van der Waals surface area contributed by atoms with Crippen molar-refractivity contribution in [2.45, 2.75) is 51.7 Å². The van der Waals surface area contributed by atoms with E-state index in [4.69, 9.17) is 27.9 Å². The van der Waals surface area contributed by atoms with Crippen LogP contribution in [0, 0.1) is 11.3 Å². The summed E-state index contributed by atoms with van der Waals surface area (Å²) in [6.07, 6.45) is 0.921. The van der Waals surface area contributed by atoms with Crippen LogP contribution < -0.4 is 15.5 Å². The molecule has 1 saturated heterocycles. The Labute approximate surface area is 204 Å². The Morgan fingerprint density at radius 1 is 1.24 bits per heavy atom. The van der Waals surface area contributed by atoms with Crippen LogP contribution >= 0.6 is 23.2 Å². The van der Waals surface area contributed by atoms with Crippen LogP contribution in [0.5, 0.6) is 0 Å². The second-order valence-electron chi connectivity index (χ2n) is 9.23. The molecule has 0 atom stereocenters. The SMILES string of the molecule is CNc1nc(N2CCC(C)(NC(=O)OC(C)(C)C)CC2)nc(C#N)c1-c1cccc(Cl)c1Cl. The number of aromatic nitrogens is 2. The lowest BCUT2D eigenvalue weighted by Gasteiger charge is -2.40. The Balaban J connectivity index is 1.84. The Kier molecular flexibility index (Phi) is 7.25. The number of nitrogens with one attached hydrogen (secondary N) is 2. The van der Waals surface area contributed by atoms with E-state index in [2.05, 4.69) is 26.7 Å². The standard InChI is InChI=1S/C23H28Cl2N6O2/c1-22(2,3)33-21(32)30-23(4)9-11-31(12-10-23)20-28-16(13-26)17(19(27-5)29-20)14-7-6-8-15(24)18(14)25/h6-8H,9-12H2,1-5H3,(H,30,32)(H,27,28,29). The molecule has 0 unspecified atom stereocenters. The molecule has 1 fully saturated rings. The summed E-state index contributed by atoms with van der Waals surface area (Å²) in [5.41, 5.74) is 0.333. The minimum absolute atomic E-state index is 0.203. The molecular weight excluding hydrogens is 463 g/mol. The third-order valence-electron chi connectivity index (χ3n) is 5.41. The number of carbonyl (C=O) groups excluding carboxylic acids is 1. The second kappa shape index (κ2) is 9.62. The fraction of sp³-hybridized carbons (Fsp3) is 0.478. The van der Waals surface area contributed by atoms with Gasteiger partial charge in [0.05, 0.1) is 15.6 Å². The van der Waals surface area contributed by atoms with Gasteiger partial charge < -0.3 is 20.3 Å². The molecule has 3 rings (SSSR count). The number of benzene rings is 1. The van der Waals surface area contributed by atoms with Crippen LogP contribution in [-0.4, -0.2) is 47.3 Å². The number of anilines is 2. The predicted molar refractivity (Wildman–Crippen MR) is 131 cm³/mol. The van der Waals surface area contributed by atoms with Crippen LogP contribution in [0.25, 0.3) is 11.1 Å². The first-order valence-corrected chi connectivity index (χ1v) is 11.4. The van der Waals surface area contributed by atoms with Gasteiger partial charge in [0, 0.05) is 31.2 Å². The van der Waals surface area contributed by atoms with Crippen LogP contribution in [-0.2, 0) is 4.74 Å². The summed E-state index contributed by atoms with van der Waals surface area (Å²) < 4.78 is 5.40. The third-order valence-corrected chi connectivity index (χ3v) is 6.23. The monoisotopic (exact) mass is 490 g/mol. The van der Waals surface area contributed by atoms with Gasteiger partial charge in [0.1, 0.15) is 17.5 Å². The molecule has 1 amide bonds. The van der Waals surface area contributed by atoms with E-state index >= 15 is 0 Å². The molecule has 10 heteroatoms. The van der Waals surface area contributed by atoms with Crippen LogP contribution in [0.15, 0.2) is 18.2 Å². The summed E-state index contributed by atoms with van der Waals surface area (Å²) in [4.78, 5) is 23.4. The van der Waals surface area contributed by atoms with Gasteiger partial charge in [-0.1, -0.05) is 35.3 Å². The van der Waals surface area contributed by atoms with E-state index in [0.717, 1.165) is 0 Å². The molecule has 1 aliphatic heterocycles. The van der Waals surface area contributed by atoms with Gasteiger partial charge in [-0.25, -0.2) is 9.78 Å². The zero-order chi connectivity index (χ0) is 24.4. The zero-order valence-corrected chi connectivity index (χ0v) is 20.9. The maximum Gasteiger partial charge on any atom is 0.408 e. The van der Waals surface area contributed by atoms with Crippen LogP contribution in [0.4, 0.5) is 16.6 Å². The fourth-order valence-electron chi connectivity index (χ4n) is 3.68. The summed E-state index contributed by atoms with van der Waals surface area (Å²) in [7, 11) is 1.73. The van der Waals surface area contributed by atoms with Crippen molar-refractivity contribution < 1.29 is 9.53 Å². The molecule has 0 aliphatic carbocycles. The molecule has 1 aromatic carbocycles. The van der Waals surface area contributed by atoms with Gasteiger partial charge in [-0.3, -0.25) is 0 Å². The van der Waals surface area contributed by atoms with Crippen LogP contribution in [0.1, 0.15) is 46.2 Å². The number of amides is 1. The maximum atomic E-state index is 12.2. The molecule has 0 spiro atoms. The van der Waals surface area contributed by atoms with Crippen molar-refractivity contribution in [2.24, 2.45) is 0 Å². The molecule has 176 valence electrons. The van der Waals surface area contributed by atoms with Crippen LogP contribution in [0.2, 0.25) is 10.0 Å². The molecule has 33 heavy (non-hydrogen) atoms. The van der Waals surface area contributed by atoms with Gasteiger partial charge in [0.25, 0.3) is 0 Å². The Hall–Kier alpha value is -2.76. The van der Waals surface area contributed by atoms with Gasteiger partial charge in [-0.2, -0.15) is 10.2 Å². The van der Waals surface area contributed by atoms with Gasteiger partial charge in [0.2, 0.25) is 5.95 Å².